The summed E-state index contributed by atoms with van der Waals surface area (Å²) < 4.78 is 24.9. The third-order valence-corrected chi connectivity index (χ3v) is 4.21. The zero-order valence-corrected chi connectivity index (χ0v) is 12.2. The average Bonchev–Trinajstić information content (AvgIpc) is 2.39. The first kappa shape index (κ1) is 15.8. The van der Waals surface area contributed by atoms with Crippen LogP contribution in [-0.2, 0) is 10.0 Å². The molecule has 0 aliphatic carbocycles. The Balaban J connectivity index is 2.45. The molecule has 1 aromatic rings. The highest BCUT2D eigenvalue weighted by atomic mass is 35.5. The summed E-state index contributed by atoms with van der Waals surface area (Å²) in [5.41, 5.74) is 1.06. The topological polar surface area (TPSA) is 82.0 Å². The fraction of sp³-hybridized carbons (Fsp3) is 0.417. The van der Waals surface area contributed by atoms with Crippen LogP contribution in [0.25, 0.3) is 0 Å². The summed E-state index contributed by atoms with van der Waals surface area (Å²) in [6, 6.07) is 7.14. The molecule has 0 saturated carbocycles. The first-order valence-electron chi connectivity index (χ1n) is 5.90. The van der Waals surface area contributed by atoms with Crippen LogP contribution in [0, 0.1) is 11.3 Å². The van der Waals surface area contributed by atoms with E-state index in [9.17, 15) is 8.42 Å². The van der Waals surface area contributed by atoms with Crippen LogP contribution < -0.4 is 10.0 Å². The summed E-state index contributed by atoms with van der Waals surface area (Å²) in [4.78, 5) is 0. The van der Waals surface area contributed by atoms with Crippen molar-refractivity contribution in [1.82, 2.24) is 4.72 Å². The van der Waals surface area contributed by atoms with Crippen LogP contribution in [0.2, 0.25) is 5.02 Å². The van der Waals surface area contributed by atoms with Gasteiger partial charge in [-0.2, -0.15) is 5.26 Å². The Morgan fingerprint density at radius 1 is 1.37 bits per heavy atom. The predicted octanol–water partition coefficient (Wildman–Crippen LogP) is 1.95. The summed E-state index contributed by atoms with van der Waals surface area (Å²) in [6.45, 7) is 2.48. The second kappa shape index (κ2) is 7.34. The van der Waals surface area contributed by atoms with Crippen molar-refractivity contribution < 1.29 is 8.42 Å². The molecule has 0 aromatic heterocycles. The van der Waals surface area contributed by atoms with Crippen LogP contribution in [0.1, 0.15) is 18.9 Å². The van der Waals surface area contributed by atoms with Gasteiger partial charge < -0.3 is 5.32 Å². The molecule has 2 N–H and O–H groups in total. The lowest BCUT2D eigenvalue weighted by Gasteiger charge is -2.10. The highest BCUT2D eigenvalue weighted by Gasteiger charge is 2.07. The van der Waals surface area contributed by atoms with E-state index in [-0.39, 0.29) is 5.75 Å². The SMILES string of the molecule is CCS(=O)(=O)NCCCNc1c(Cl)cccc1C#N. The summed E-state index contributed by atoms with van der Waals surface area (Å²) in [5.74, 6) is 0.0729. The minimum absolute atomic E-state index is 0.0729. The van der Waals surface area contributed by atoms with Gasteiger partial charge in [0, 0.05) is 13.1 Å². The lowest BCUT2D eigenvalue weighted by atomic mass is 10.2. The van der Waals surface area contributed by atoms with Crippen molar-refractivity contribution in [2.24, 2.45) is 0 Å². The van der Waals surface area contributed by atoms with Gasteiger partial charge in [-0.15, -0.1) is 0 Å². The zero-order chi connectivity index (χ0) is 14.3. The van der Waals surface area contributed by atoms with Crippen LogP contribution in [0.5, 0.6) is 0 Å². The van der Waals surface area contributed by atoms with Crippen molar-refractivity contribution in [1.29, 1.82) is 5.26 Å². The Kier molecular flexibility index (Phi) is 6.09. The molecule has 0 aliphatic heterocycles. The molecule has 19 heavy (non-hydrogen) atoms. The van der Waals surface area contributed by atoms with Gasteiger partial charge in [0.2, 0.25) is 10.0 Å². The molecular weight excluding hydrogens is 286 g/mol. The third-order valence-electron chi connectivity index (χ3n) is 2.49. The zero-order valence-electron chi connectivity index (χ0n) is 10.6. The summed E-state index contributed by atoms with van der Waals surface area (Å²) in [5, 5.41) is 12.5. The molecule has 1 rings (SSSR count). The van der Waals surface area contributed by atoms with Gasteiger partial charge in [-0.3, -0.25) is 0 Å². The maximum absolute atomic E-state index is 11.2. The van der Waals surface area contributed by atoms with Crippen molar-refractivity contribution in [3.63, 3.8) is 0 Å². The fourth-order valence-corrected chi connectivity index (χ4v) is 2.33. The molecule has 1 aromatic carbocycles. The molecule has 0 fully saturated rings. The van der Waals surface area contributed by atoms with Gasteiger partial charge in [0.05, 0.1) is 22.0 Å². The van der Waals surface area contributed by atoms with E-state index in [0.717, 1.165) is 0 Å². The molecule has 104 valence electrons. The van der Waals surface area contributed by atoms with E-state index in [1.807, 2.05) is 0 Å². The molecule has 0 amide bonds. The smallest absolute Gasteiger partial charge is 0.211 e. The highest BCUT2D eigenvalue weighted by Crippen LogP contribution is 2.25. The number of nitrogens with zero attached hydrogens (tertiary/aromatic N) is 1. The Morgan fingerprint density at radius 3 is 2.74 bits per heavy atom. The quantitative estimate of drug-likeness (QED) is 0.754. The van der Waals surface area contributed by atoms with Crippen molar-refractivity contribution >= 4 is 27.3 Å². The molecule has 5 nitrogen and oxygen atoms in total. The minimum Gasteiger partial charge on any atom is -0.383 e. The van der Waals surface area contributed by atoms with E-state index in [2.05, 4.69) is 16.1 Å². The van der Waals surface area contributed by atoms with Crippen LogP contribution in [-0.4, -0.2) is 27.3 Å². The van der Waals surface area contributed by atoms with Crippen LogP contribution in [0.4, 0.5) is 5.69 Å². The molecule has 0 saturated heterocycles. The predicted molar refractivity (Wildman–Crippen MR) is 76.7 cm³/mol. The number of halogens is 1. The summed E-state index contributed by atoms with van der Waals surface area (Å²) in [6.07, 6.45) is 0.606. The first-order chi connectivity index (χ1) is 9.00. The molecule has 0 aliphatic rings. The largest absolute Gasteiger partial charge is 0.383 e. The molecule has 0 heterocycles. The molecule has 0 unspecified atom stereocenters. The first-order valence-corrected chi connectivity index (χ1v) is 7.93. The third kappa shape index (κ3) is 5.07. The Morgan fingerprint density at radius 2 is 2.11 bits per heavy atom. The molecule has 7 heteroatoms. The van der Waals surface area contributed by atoms with Gasteiger partial charge in [0.25, 0.3) is 0 Å². The van der Waals surface area contributed by atoms with Gasteiger partial charge in [0.15, 0.2) is 0 Å². The number of benzene rings is 1. The van der Waals surface area contributed by atoms with Gasteiger partial charge in [0.1, 0.15) is 6.07 Å². The van der Waals surface area contributed by atoms with E-state index in [1.165, 1.54) is 0 Å². The van der Waals surface area contributed by atoms with Crippen molar-refractivity contribution in [3.05, 3.63) is 28.8 Å². The number of hydrogen-bond acceptors (Lipinski definition) is 4. The van der Waals surface area contributed by atoms with E-state index in [4.69, 9.17) is 16.9 Å². The molecule has 0 atom stereocenters. The normalized spacial score (nSPS) is 11.0. The molecule has 0 spiro atoms. The lowest BCUT2D eigenvalue weighted by Crippen LogP contribution is -2.27. The van der Waals surface area contributed by atoms with Crippen LogP contribution in [0.15, 0.2) is 18.2 Å². The number of hydrogen-bond donors (Lipinski definition) is 2. The lowest BCUT2D eigenvalue weighted by molar-refractivity contribution is 0.581. The van der Waals surface area contributed by atoms with Crippen molar-refractivity contribution in [2.45, 2.75) is 13.3 Å². The van der Waals surface area contributed by atoms with Crippen molar-refractivity contribution in [3.8, 4) is 6.07 Å². The minimum atomic E-state index is -3.14. The Hall–Kier alpha value is -1.29. The van der Waals surface area contributed by atoms with E-state index < -0.39 is 10.0 Å². The van der Waals surface area contributed by atoms with E-state index in [1.54, 1.807) is 25.1 Å². The number of nitrogens with one attached hydrogen (secondary N) is 2. The van der Waals surface area contributed by atoms with Gasteiger partial charge in [-0.1, -0.05) is 17.7 Å². The fourth-order valence-electron chi connectivity index (χ4n) is 1.43. The second-order valence-corrected chi connectivity index (χ2v) is 6.36. The maximum Gasteiger partial charge on any atom is 0.211 e. The number of sulfonamides is 1. The van der Waals surface area contributed by atoms with Gasteiger partial charge >= 0.3 is 0 Å². The molecule has 0 bridgehead atoms. The maximum atomic E-state index is 11.2. The summed E-state index contributed by atoms with van der Waals surface area (Å²) in [7, 11) is -3.14. The van der Waals surface area contributed by atoms with Crippen LogP contribution in [0.3, 0.4) is 0 Å². The van der Waals surface area contributed by atoms with Crippen LogP contribution >= 0.6 is 11.6 Å². The number of rotatable bonds is 7. The highest BCUT2D eigenvalue weighted by molar-refractivity contribution is 7.89. The van der Waals surface area contributed by atoms with E-state index >= 15 is 0 Å². The van der Waals surface area contributed by atoms with Crippen molar-refractivity contribution in [2.75, 3.05) is 24.2 Å². The van der Waals surface area contributed by atoms with Gasteiger partial charge in [-0.05, 0) is 25.5 Å². The monoisotopic (exact) mass is 301 g/mol. The van der Waals surface area contributed by atoms with E-state index in [0.29, 0.717) is 35.8 Å². The average molecular weight is 302 g/mol. The Labute approximate surface area is 118 Å². The molecule has 0 radical (unpaired) electrons. The second-order valence-electron chi connectivity index (χ2n) is 3.85. The molecular formula is C12H16ClN3O2S. The number of nitriles is 1. The Bertz CT molecular complexity index is 567. The van der Waals surface area contributed by atoms with Gasteiger partial charge in [-0.25, -0.2) is 13.1 Å². The number of para-hydroxylation sites is 1. The number of anilines is 1. The summed E-state index contributed by atoms with van der Waals surface area (Å²) >= 11 is 5.99. The standard InChI is InChI=1S/C12H16ClN3O2S/c1-2-19(17,18)16-8-4-7-15-12-10(9-14)5-3-6-11(12)13/h3,5-6,15-16H,2,4,7-8H2,1H3.